The largest absolute Gasteiger partial charge is 0.481 e. The highest BCUT2D eigenvalue weighted by Gasteiger charge is 2.32. The average molecular weight is 417 g/mol. The number of nitrogens with one attached hydrogen (secondary N) is 2. The van der Waals surface area contributed by atoms with Gasteiger partial charge in [-0.3, -0.25) is 9.59 Å². The van der Waals surface area contributed by atoms with Crippen molar-refractivity contribution in [1.29, 1.82) is 0 Å². The Labute approximate surface area is 158 Å². The third kappa shape index (κ3) is 3.95. The van der Waals surface area contributed by atoms with E-state index in [0.29, 0.717) is 5.56 Å². The SMILES string of the molecule is O=C(O)CCC(O)(NC(=O)c1cc2cc(Br)ccc2[nH]1)c1ccccc1. The lowest BCUT2D eigenvalue weighted by Crippen LogP contribution is -2.46. The van der Waals surface area contributed by atoms with Crippen molar-refractivity contribution < 1.29 is 19.8 Å². The van der Waals surface area contributed by atoms with Gasteiger partial charge in [0.2, 0.25) is 0 Å². The lowest BCUT2D eigenvalue weighted by atomic mass is 9.97. The van der Waals surface area contributed by atoms with Crippen LogP contribution < -0.4 is 5.32 Å². The molecule has 1 amide bonds. The summed E-state index contributed by atoms with van der Waals surface area (Å²) in [5.74, 6) is -1.57. The van der Waals surface area contributed by atoms with Gasteiger partial charge in [-0.1, -0.05) is 46.3 Å². The Morgan fingerprint density at radius 1 is 1.12 bits per heavy atom. The molecule has 0 saturated heterocycles. The van der Waals surface area contributed by atoms with Gasteiger partial charge >= 0.3 is 5.97 Å². The number of carbonyl (C=O) groups is 2. The highest BCUT2D eigenvalue weighted by atomic mass is 79.9. The van der Waals surface area contributed by atoms with Gasteiger partial charge in [-0.2, -0.15) is 0 Å². The normalized spacial score (nSPS) is 13.3. The molecule has 0 aliphatic rings. The predicted molar refractivity (Wildman–Crippen MR) is 101 cm³/mol. The monoisotopic (exact) mass is 416 g/mol. The third-order valence-electron chi connectivity index (χ3n) is 4.10. The van der Waals surface area contributed by atoms with Gasteiger partial charge in [0.25, 0.3) is 5.91 Å². The fourth-order valence-electron chi connectivity index (χ4n) is 2.76. The standard InChI is InChI=1S/C19H17BrN2O4/c20-14-6-7-15-12(10-14)11-16(21-15)18(25)22-19(26,9-8-17(23)24)13-4-2-1-3-5-13/h1-7,10-11,21,26H,8-9H2,(H,22,25)(H,23,24). The van der Waals surface area contributed by atoms with Crippen LogP contribution in [0.3, 0.4) is 0 Å². The van der Waals surface area contributed by atoms with Gasteiger partial charge in [0.1, 0.15) is 5.69 Å². The Bertz CT molecular complexity index is 955. The van der Waals surface area contributed by atoms with Crippen molar-refractivity contribution in [3.05, 3.63) is 70.3 Å². The Morgan fingerprint density at radius 3 is 2.54 bits per heavy atom. The summed E-state index contributed by atoms with van der Waals surface area (Å²) in [5, 5.41) is 23.3. The molecule has 26 heavy (non-hydrogen) atoms. The van der Waals surface area contributed by atoms with E-state index in [2.05, 4.69) is 26.2 Å². The molecule has 3 rings (SSSR count). The van der Waals surface area contributed by atoms with Crippen LogP contribution in [0.2, 0.25) is 0 Å². The fraction of sp³-hybridized carbons (Fsp3) is 0.158. The minimum Gasteiger partial charge on any atom is -0.481 e. The molecule has 0 fully saturated rings. The third-order valence-corrected chi connectivity index (χ3v) is 4.59. The summed E-state index contributed by atoms with van der Waals surface area (Å²) in [6.45, 7) is 0. The number of fused-ring (bicyclic) bond motifs is 1. The topological polar surface area (TPSA) is 102 Å². The van der Waals surface area contributed by atoms with Gasteiger partial charge < -0.3 is 20.5 Å². The molecule has 7 heteroatoms. The molecule has 6 nitrogen and oxygen atoms in total. The summed E-state index contributed by atoms with van der Waals surface area (Å²) in [6, 6.07) is 15.7. The molecule has 0 spiro atoms. The molecule has 1 heterocycles. The van der Waals surface area contributed by atoms with Crippen molar-refractivity contribution in [3.63, 3.8) is 0 Å². The van der Waals surface area contributed by atoms with Gasteiger partial charge in [-0.25, -0.2) is 0 Å². The van der Waals surface area contributed by atoms with Crippen molar-refractivity contribution in [2.75, 3.05) is 0 Å². The van der Waals surface area contributed by atoms with Crippen molar-refractivity contribution in [1.82, 2.24) is 10.3 Å². The Balaban J connectivity index is 1.89. The molecule has 0 radical (unpaired) electrons. The number of carboxylic acids is 1. The van der Waals surface area contributed by atoms with E-state index in [1.165, 1.54) is 0 Å². The van der Waals surface area contributed by atoms with Gasteiger partial charge in [0.15, 0.2) is 5.72 Å². The van der Waals surface area contributed by atoms with E-state index in [9.17, 15) is 14.7 Å². The van der Waals surface area contributed by atoms with E-state index < -0.39 is 17.6 Å². The van der Waals surface area contributed by atoms with Crippen molar-refractivity contribution >= 4 is 38.7 Å². The average Bonchev–Trinajstić information content (AvgIpc) is 3.04. The maximum absolute atomic E-state index is 12.7. The summed E-state index contributed by atoms with van der Waals surface area (Å²) in [7, 11) is 0. The van der Waals surface area contributed by atoms with E-state index >= 15 is 0 Å². The van der Waals surface area contributed by atoms with Crippen LogP contribution in [0.15, 0.2) is 59.1 Å². The first-order chi connectivity index (χ1) is 12.4. The highest BCUT2D eigenvalue weighted by molar-refractivity contribution is 9.10. The lowest BCUT2D eigenvalue weighted by Gasteiger charge is -2.29. The Morgan fingerprint density at radius 2 is 1.85 bits per heavy atom. The smallest absolute Gasteiger partial charge is 0.303 e. The second-order valence-electron chi connectivity index (χ2n) is 5.99. The number of carboxylic acid groups (broad SMARTS) is 1. The van der Waals surface area contributed by atoms with Crippen LogP contribution >= 0.6 is 15.9 Å². The fourth-order valence-corrected chi connectivity index (χ4v) is 3.14. The maximum atomic E-state index is 12.7. The van der Waals surface area contributed by atoms with Crippen LogP contribution in [0, 0.1) is 0 Å². The van der Waals surface area contributed by atoms with E-state index in [1.54, 1.807) is 36.4 Å². The molecule has 3 aromatic rings. The van der Waals surface area contributed by atoms with E-state index in [-0.39, 0.29) is 18.5 Å². The van der Waals surface area contributed by atoms with E-state index in [1.807, 2.05) is 18.2 Å². The summed E-state index contributed by atoms with van der Waals surface area (Å²) in [5.41, 5.74) is -0.294. The zero-order valence-corrected chi connectivity index (χ0v) is 15.3. The van der Waals surface area contributed by atoms with E-state index in [4.69, 9.17) is 5.11 Å². The minimum atomic E-state index is -1.78. The number of aromatic nitrogens is 1. The molecule has 0 bridgehead atoms. The number of rotatable bonds is 6. The van der Waals surface area contributed by atoms with Gasteiger partial charge in [-0.15, -0.1) is 0 Å². The van der Waals surface area contributed by atoms with Crippen LogP contribution in [0.25, 0.3) is 10.9 Å². The number of hydrogen-bond acceptors (Lipinski definition) is 3. The van der Waals surface area contributed by atoms with Crippen molar-refractivity contribution in [2.24, 2.45) is 0 Å². The Hall–Kier alpha value is -2.64. The molecular weight excluding hydrogens is 400 g/mol. The van der Waals surface area contributed by atoms with Crippen LogP contribution in [0.5, 0.6) is 0 Å². The molecular formula is C19H17BrN2O4. The van der Waals surface area contributed by atoms with Gasteiger partial charge in [-0.05, 0) is 24.3 Å². The molecule has 0 saturated carbocycles. The highest BCUT2D eigenvalue weighted by Crippen LogP contribution is 2.25. The quantitative estimate of drug-likeness (QED) is 0.462. The zero-order chi connectivity index (χ0) is 18.7. The van der Waals surface area contributed by atoms with Gasteiger partial charge in [0.05, 0.1) is 6.42 Å². The molecule has 1 unspecified atom stereocenters. The number of aliphatic hydroxyl groups is 1. The first kappa shape index (κ1) is 18.2. The lowest BCUT2D eigenvalue weighted by molar-refractivity contribution is -0.139. The second kappa shape index (κ2) is 7.31. The van der Waals surface area contributed by atoms with Crippen LogP contribution in [-0.2, 0) is 10.5 Å². The van der Waals surface area contributed by atoms with Crippen LogP contribution in [0.4, 0.5) is 0 Å². The van der Waals surface area contributed by atoms with Crippen molar-refractivity contribution in [2.45, 2.75) is 18.6 Å². The number of amides is 1. The number of H-pyrrole nitrogens is 1. The number of aliphatic carboxylic acids is 1. The van der Waals surface area contributed by atoms with Gasteiger partial charge in [0, 0.05) is 27.4 Å². The number of benzene rings is 2. The molecule has 4 N–H and O–H groups in total. The van der Waals surface area contributed by atoms with Crippen molar-refractivity contribution in [3.8, 4) is 0 Å². The summed E-state index contributed by atoms with van der Waals surface area (Å²) < 4.78 is 0.887. The Kier molecular flexibility index (Phi) is 5.11. The number of aromatic amines is 1. The zero-order valence-electron chi connectivity index (χ0n) is 13.7. The molecule has 0 aliphatic heterocycles. The summed E-state index contributed by atoms with van der Waals surface area (Å²) >= 11 is 3.38. The maximum Gasteiger partial charge on any atom is 0.303 e. The molecule has 2 aromatic carbocycles. The van der Waals surface area contributed by atoms with E-state index in [0.717, 1.165) is 15.4 Å². The minimum absolute atomic E-state index is 0.149. The van der Waals surface area contributed by atoms with Crippen LogP contribution in [0.1, 0.15) is 28.9 Å². The summed E-state index contributed by atoms with van der Waals surface area (Å²) in [6.07, 6.45) is -0.435. The first-order valence-corrected chi connectivity index (χ1v) is 8.77. The van der Waals surface area contributed by atoms with Crippen LogP contribution in [-0.4, -0.2) is 27.1 Å². The first-order valence-electron chi connectivity index (χ1n) is 7.98. The molecule has 0 aliphatic carbocycles. The number of hydrogen-bond donors (Lipinski definition) is 4. The number of carbonyl (C=O) groups excluding carboxylic acids is 1. The number of halogens is 1. The molecule has 1 atom stereocenters. The summed E-state index contributed by atoms with van der Waals surface area (Å²) in [4.78, 5) is 26.6. The predicted octanol–water partition coefficient (Wildman–Crippen LogP) is 3.37. The molecule has 134 valence electrons. The molecule has 1 aromatic heterocycles. The second-order valence-corrected chi connectivity index (χ2v) is 6.90.